The van der Waals surface area contributed by atoms with E-state index in [1.165, 1.54) is 0 Å². The Bertz CT molecular complexity index is 856. The van der Waals surface area contributed by atoms with Crippen molar-refractivity contribution in [3.8, 4) is 0 Å². The molecule has 2 saturated heterocycles. The normalized spacial score (nSPS) is 21.6. The molecule has 0 bridgehead atoms. The number of aliphatic hydroxyl groups is 1. The molecule has 0 saturated carbocycles. The molecule has 6 heteroatoms. The minimum absolute atomic E-state index is 0.107. The van der Waals surface area contributed by atoms with Crippen LogP contribution in [0.4, 0.5) is 0 Å². The van der Waals surface area contributed by atoms with Gasteiger partial charge in [-0.3, -0.25) is 9.13 Å². The maximum atomic E-state index is 13.0. The summed E-state index contributed by atoms with van der Waals surface area (Å²) in [5.74, 6) is 0.504. The first-order valence-corrected chi connectivity index (χ1v) is 10.7. The van der Waals surface area contributed by atoms with Crippen molar-refractivity contribution in [2.45, 2.75) is 57.7 Å². The fourth-order valence-electron chi connectivity index (χ4n) is 4.82. The lowest BCUT2D eigenvalue weighted by atomic mass is 9.91. The molecule has 154 valence electrons. The van der Waals surface area contributed by atoms with E-state index in [1.54, 1.807) is 0 Å². The molecule has 1 aromatic carbocycles. The molecule has 1 N–H and O–H groups in total. The number of nitrogens with zero attached hydrogens (tertiary/aromatic N) is 3. The summed E-state index contributed by atoms with van der Waals surface area (Å²) in [7, 11) is 0. The van der Waals surface area contributed by atoms with Gasteiger partial charge in [0, 0.05) is 45.2 Å². The largest absolute Gasteiger partial charge is 0.388 e. The number of hydrogen-bond donors (Lipinski definition) is 1. The Morgan fingerprint density at radius 2 is 1.79 bits per heavy atom. The number of likely N-dealkylation sites (tertiary alicyclic amines) is 1. The van der Waals surface area contributed by atoms with E-state index in [4.69, 9.17) is 4.74 Å². The van der Waals surface area contributed by atoms with E-state index >= 15 is 0 Å². The van der Waals surface area contributed by atoms with Crippen LogP contribution in [0.5, 0.6) is 0 Å². The van der Waals surface area contributed by atoms with Gasteiger partial charge in [0.15, 0.2) is 0 Å². The van der Waals surface area contributed by atoms with E-state index < -0.39 is 5.60 Å². The van der Waals surface area contributed by atoms with Gasteiger partial charge in [0.25, 0.3) is 0 Å². The molecule has 28 heavy (non-hydrogen) atoms. The molecular formula is C22H33N3O3. The molecule has 2 aliphatic rings. The highest BCUT2D eigenvalue weighted by molar-refractivity contribution is 5.76. The van der Waals surface area contributed by atoms with E-state index in [9.17, 15) is 9.90 Å². The third-order valence-corrected chi connectivity index (χ3v) is 6.47. The molecule has 2 fully saturated rings. The van der Waals surface area contributed by atoms with Crippen molar-refractivity contribution in [3.05, 3.63) is 34.7 Å². The summed E-state index contributed by atoms with van der Waals surface area (Å²) in [4.78, 5) is 15.4. The molecule has 0 spiro atoms. The lowest BCUT2D eigenvalue weighted by Gasteiger charge is -2.39. The number of para-hydroxylation sites is 2. The number of piperidine rings is 1. The van der Waals surface area contributed by atoms with Gasteiger partial charge < -0.3 is 14.7 Å². The predicted molar refractivity (Wildman–Crippen MR) is 111 cm³/mol. The van der Waals surface area contributed by atoms with Gasteiger partial charge in [-0.15, -0.1) is 0 Å². The maximum absolute atomic E-state index is 13.0. The molecule has 2 aliphatic heterocycles. The van der Waals surface area contributed by atoms with Gasteiger partial charge in [0.05, 0.1) is 16.6 Å². The second-order valence-electron chi connectivity index (χ2n) is 8.90. The highest BCUT2D eigenvalue weighted by Crippen LogP contribution is 2.26. The van der Waals surface area contributed by atoms with Crippen LogP contribution < -0.4 is 5.69 Å². The van der Waals surface area contributed by atoms with E-state index in [0.29, 0.717) is 19.1 Å². The van der Waals surface area contributed by atoms with Crippen molar-refractivity contribution in [2.75, 3.05) is 32.8 Å². The second-order valence-corrected chi connectivity index (χ2v) is 8.90. The molecule has 1 aromatic heterocycles. The minimum atomic E-state index is -0.591. The van der Waals surface area contributed by atoms with Gasteiger partial charge in [-0.1, -0.05) is 12.1 Å². The van der Waals surface area contributed by atoms with Crippen LogP contribution >= 0.6 is 0 Å². The molecule has 6 nitrogen and oxygen atoms in total. The Morgan fingerprint density at radius 3 is 2.43 bits per heavy atom. The van der Waals surface area contributed by atoms with Crippen LogP contribution in [0, 0.1) is 5.92 Å². The van der Waals surface area contributed by atoms with Crippen molar-refractivity contribution in [3.63, 3.8) is 0 Å². The molecule has 0 aliphatic carbocycles. The minimum Gasteiger partial charge on any atom is -0.388 e. The van der Waals surface area contributed by atoms with Crippen molar-refractivity contribution in [1.29, 1.82) is 0 Å². The number of rotatable bonds is 5. The SMILES string of the molecule is CC(C)n1c(=O)n(CC2CCN(CC3(O)CCOCC3)CC2)c2ccccc21. The molecule has 0 radical (unpaired) electrons. The van der Waals surface area contributed by atoms with Gasteiger partial charge in [-0.2, -0.15) is 0 Å². The van der Waals surface area contributed by atoms with Crippen LogP contribution in [-0.2, 0) is 11.3 Å². The quantitative estimate of drug-likeness (QED) is 0.857. The lowest BCUT2D eigenvalue weighted by Crippen LogP contribution is -2.49. The fraction of sp³-hybridized carbons (Fsp3) is 0.682. The smallest absolute Gasteiger partial charge is 0.329 e. The topological polar surface area (TPSA) is 59.6 Å². The molecule has 2 aromatic rings. The van der Waals surface area contributed by atoms with Crippen LogP contribution in [0.15, 0.2) is 29.1 Å². The molecule has 0 amide bonds. The zero-order valence-electron chi connectivity index (χ0n) is 17.1. The molecule has 0 atom stereocenters. The first kappa shape index (κ1) is 19.7. The average Bonchev–Trinajstić information content (AvgIpc) is 2.95. The van der Waals surface area contributed by atoms with Crippen molar-refractivity contribution in [1.82, 2.24) is 14.0 Å². The number of fused-ring (bicyclic) bond motifs is 1. The van der Waals surface area contributed by atoms with Crippen LogP contribution in [0.1, 0.15) is 45.6 Å². The number of β-amino-alcohol motifs (C(OH)–C–C–N with tert-alkyl or cyclic N) is 1. The third-order valence-electron chi connectivity index (χ3n) is 6.47. The summed E-state index contributed by atoms with van der Waals surface area (Å²) in [5.41, 5.74) is 1.59. The van der Waals surface area contributed by atoms with Crippen LogP contribution in [-0.4, -0.2) is 57.6 Å². The van der Waals surface area contributed by atoms with Gasteiger partial charge in [-0.05, 0) is 57.8 Å². The monoisotopic (exact) mass is 387 g/mol. The second kappa shape index (κ2) is 8.01. The summed E-state index contributed by atoms with van der Waals surface area (Å²) in [6.45, 7) is 8.97. The van der Waals surface area contributed by atoms with Gasteiger partial charge in [-0.25, -0.2) is 4.79 Å². The average molecular weight is 388 g/mol. The van der Waals surface area contributed by atoms with E-state index in [0.717, 1.165) is 62.9 Å². The fourth-order valence-corrected chi connectivity index (χ4v) is 4.82. The highest BCUT2D eigenvalue weighted by Gasteiger charge is 2.33. The molecule has 4 rings (SSSR count). The van der Waals surface area contributed by atoms with Gasteiger partial charge in [0.1, 0.15) is 0 Å². The Morgan fingerprint density at radius 1 is 1.14 bits per heavy atom. The Labute approximate surface area is 166 Å². The molecule has 3 heterocycles. The summed E-state index contributed by atoms with van der Waals surface area (Å²) < 4.78 is 9.27. The predicted octanol–water partition coefficient (Wildman–Crippen LogP) is 2.64. The number of imidazole rings is 1. The summed E-state index contributed by atoms with van der Waals surface area (Å²) >= 11 is 0. The van der Waals surface area contributed by atoms with E-state index in [2.05, 4.69) is 24.8 Å². The standard InChI is InChI=1S/C22H33N3O3/c1-17(2)25-20-6-4-3-5-19(20)24(21(25)26)15-18-7-11-23(12-8-18)16-22(27)9-13-28-14-10-22/h3-6,17-18,27H,7-16H2,1-2H3. The number of aromatic nitrogens is 2. The van der Waals surface area contributed by atoms with E-state index in [1.807, 2.05) is 27.3 Å². The number of ether oxygens (including phenoxy) is 1. The first-order chi connectivity index (χ1) is 13.5. The molecular weight excluding hydrogens is 354 g/mol. The number of benzene rings is 1. The zero-order chi connectivity index (χ0) is 19.7. The zero-order valence-corrected chi connectivity index (χ0v) is 17.1. The van der Waals surface area contributed by atoms with Crippen molar-refractivity contribution >= 4 is 11.0 Å². The Kier molecular flexibility index (Phi) is 5.63. The maximum Gasteiger partial charge on any atom is 0.329 e. The number of hydrogen-bond acceptors (Lipinski definition) is 4. The Balaban J connectivity index is 1.43. The van der Waals surface area contributed by atoms with Crippen molar-refractivity contribution in [2.24, 2.45) is 5.92 Å². The summed E-state index contributed by atoms with van der Waals surface area (Å²) in [5, 5.41) is 10.8. The lowest BCUT2D eigenvalue weighted by molar-refractivity contribution is -0.0831. The van der Waals surface area contributed by atoms with Crippen LogP contribution in [0.25, 0.3) is 11.0 Å². The third kappa shape index (κ3) is 3.91. The van der Waals surface area contributed by atoms with Gasteiger partial charge in [0.2, 0.25) is 0 Å². The van der Waals surface area contributed by atoms with Crippen molar-refractivity contribution < 1.29 is 9.84 Å². The summed E-state index contributed by atoms with van der Waals surface area (Å²) in [6.07, 6.45) is 3.61. The van der Waals surface area contributed by atoms with Crippen LogP contribution in [0.3, 0.4) is 0 Å². The Hall–Kier alpha value is -1.63. The summed E-state index contributed by atoms with van der Waals surface area (Å²) in [6, 6.07) is 8.28. The van der Waals surface area contributed by atoms with Crippen LogP contribution in [0.2, 0.25) is 0 Å². The van der Waals surface area contributed by atoms with Gasteiger partial charge >= 0.3 is 5.69 Å². The molecule has 0 unspecified atom stereocenters. The van der Waals surface area contributed by atoms with E-state index in [-0.39, 0.29) is 11.7 Å². The highest BCUT2D eigenvalue weighted by atomic mass is 16.5. The first-order valence-electron chi connectivity index (χ1n) is 10.7.